The molecule has 0 saturated heterocycles. The molecule has 1 aliphatic heterocycles. The molecule has 0 spiro atoms. The van der Waals surface area contributed by atoms with Crippen LogP contribution in [0, 0.1) is 20.8 Å². The molecular formula is C29H27F3N2O3. The van der Waals surface area contributed by atoms with Crippen LogP contribution in [-0.2, 0) is 11.4 Å². The number of alkyl halides is 3. The number of aryl methyl sites for hydroxylation is 3. The molecule has 192 valence electrons. The molecule has 4 rings (SSSR count). The number of carbonyl (C=O) groups is 1. The van der Waals surface area contributed by atoms with Crippen molar-refractivity contribution in [3.63, 3.8) is 0 Å². The van der Waals surface area contributed by atoms with Crippen LogP contribution < -0.4 is 14.5 Å². The Labute approximate surface area is 213 Å². The van der Waals surface area contributed by atoms with Crippen molar-refractivity contribution in [1.82, 2.24) is 0 Å². The van der Waals surface area contributed by atoms with Crippen molar-refractivity contribution in [2.45, 2.75) is 40.5 Å². The van der Waals surface area contributed by atoms with Gasteiger partial charge < -0.3 is 9.47 Å². The van der Waals surface area contributed by atoms with E-state index < -0.39 is 23.4 Å². The van der Waals surface area contributed by atoms with Crippen molar-refractivity contribution >= 4 is 23.4 Å². The third-order valence-corrected chi connectivity index (χ3v) is 5.94. The summed E-state index contributed by atoms with van der Waals surface area (Å²) in [6, 6.07) is 17.0. The molecule has 3 aromatic rings. The molecule has 8 heteroatoms. The first-order valence-corrected chi connectivity index (χ1v) is 11.8. The van der Waals surface area contributed by atoms with Gasteiger partial charge in [0.1, 0.15) is 6.61 Å². The minimum absolute atomic E-state index is 0.248. The number of hydrogen-bond donors (Lipinski definition) is 0. The van der Waals surface area contributed by atoms with Crippen LogP contribution in [0.1, 0.15) is 34.7 Å². The fourth-order valence-corrected chi connectivity index (χ4v) is 4.25. The van der Waals surface area contributed by atoms with Crippen LogP contribution in [0.2, 0.25) is 0 Å². The van der Waals surface area contributed by atoms with Gasteiger partial charge in [-0.2, -0.15) is 23.3 Å². The van der Waals surface area contributed by atoms with Gasteiger partial charge in [0.25, 0.3) is 5.91 Å². The lowest BCUT2D eigenvalue weighted by Gasteiger charge is -2.16. The van der Waals surface area contributed by atoms with Gasteiger partial charge >= 0.3 is 6.18 Å². The highest BCUT2D eigenvalue weighted by atomic mass is 19.4. The molecule has 1 amide bonds. The second kappa shape index (κ2) is 10.5. The number of carbonyl (C=O) groups excluding carboxylic acids is 1. The van der Waals surface area contributed by atoms with E-state index in [1.165, 1.54) is 23.8 Å². The molecule has 1 aliphatic rings. The minimum Gasteiger partial charge on any atom is -0.490 e. The lowest BCUT2D eigenvalue weighted by molar-refractivity contribution is -0.114. The highest BCUT2D eigenvalue weighted by Crippen LogP contribution is 2.35. The molecule has 3 aromatic carbocycles. The first-order chi connectivity index (χ1) is 17.6. The number of hydrazone groups is 1. The number of para-hydroxylation sites is 1. The normalized spacial score (nSPS) is 14.8. The summed E-state index contributed by atoms with van der Waals surface area (Å²) in [4.78, 5) is 13.0. The Morgan fingerprint density at radius 1 is 0.919 bits per heavy atom. The summed E-state index contributed by atoms with van der Waals surface area (Å²) in [5, 5.41) is 4.37. The second-order valence-electron chi connectivity index (χ2n) is 8.76. The van der Waals surface area contributed by atoms with Gasteiger partial charge in [0.15, 0.2) is 17.2 Å². The van der Waals surface area contributed by atoms with Gasteiger partial charge in [0.05, 0.1) is 17.9 Å². The molecule has 37 heavy (non-hydrogen) atoms. The Morgan fingerprint density at radius 3 is 2.22 bits per heavy atom. The number of hydrogen-bond acceptors (Lipinski definition) is 4. The van der Waals surface area contributed by atoms with Gasteiger partial charge in [0.2, 0.25) is 0 Å². The van der Waals surface area contributed by atoms with E-state index in [2.05, 4.69) is 17.2 Å². The summed E-state index contributed by atoms with van der Waals surface area (Å²) >= 11 is 0. The number of ether oxygens (including phenoxy) is 2. The predicted octanol–water partition coefficient (Wildman–Crippen LogP) is 6.94. The summed E-state index contributed by atoms with van der Waals surface area (Å²) < 4.78 is 53.2. The van der Waals surface area contributed by atoms with E-state index in [0.29, 0.717) is 30.3 Å². The predicted molar refractivity (Wildman–Crippen MR) is 138 cm³/mol. The van der Waals surface area contributed by atoms with Crippen molar-refractivity contribution in [3.05, 3.63) is 94.1 Å². The lowest BCUT2D eigenvalue weighted by Crippen LogP contribution is -2.25. The topological polar surface area (TPSA) is 51.1 Å². The first kappa shape index (κ1) is 26.0. The van der Waals surface area contributed by atoms with E-state index in [1.54, 1.807) is 43.3 Å². The minimum atomic E-state index is -4.80. The van der Waals surface area contributed by atoms with Crippen LogP contribution in [0.15, 0.2) is 71.3 Å². The Hall–Kier alpha value is -4.07. The molecule has 0 atom stereocenters. The highest BCUT2D eigenvalue weighted by Gasteiger charge is 2.46. The molecule has 0 fully saturated rings. The maximum Gasteiger partial charge on any atom is 0.435 e. The van der Waals surface area contributed by atoms with Crippen LogP contribution in [0.5, 0.6) is 11.5 Å². The van der Waals surface area contributed by atoms with Crippen molar-refractivity contribution in [1.29, 1.82) is 0 Å². The van der Waals surface area contributed by atoms with Gasteiger partial charge in [-0.05, 0) is 80.3 Å². The zero-order chi connectivity index (χ0) is 26.7. The Bertz CT molecular complexity index is 1360. The largest absolute Gasteiger partial charge is 0.490 e. The molecule has 5 nitrogen and oxygen atoms in total. The van der Waals surface area contributed by atoms with Crippen LogP contribution >= 0.6 is 0 Å². The summed E-state index contributed by atoms with van der Waals surface area (Å²) in [5.74, 6) is -0.0333. The van der Waals surface area contributed by atoms with E-state index in [1.807, 2.05) is 20.8 Å². The van der Waals surface area contributed by atoms with Crippen LogP contribution in [-0.4, -0.2) is 24.4 Å². The Kier molecular flexibility index (Phi) is 7.38. The van der Waals surface area contributed by atoms with Crippen molar-refractivity contribution < 1.29 is 27.4 Å². The molecule has 0 aliphatic carbocycles. The number of amides is 1. The molecule has 0 bridgehead atoms. The Morgan fingerprint density at radius 2 is 1.59 bits per heavy atom. The van der Waals surface area contributed by atoms with Gasteiger partial charge in [0, 0.05) is 0 Å². The molecule has 0 aromatic heterocycles. The molecule has 0 radical (unpaired) electrons. The summed E-state index contributed by atoms with van der Waals surface area (Å²) in [6.45, 7) is 8.52. The molecular weight excluding hydrogens is 481 g/mol. The van der Waals surface area contributed by atoms with Gasteiger partial charge in [-0.3, -0.25) is 4.79 Å². The first-order valence-electron chi connectivity index (χ1n) is 11.8. The second-order valence-corrected chi connectivity index (χ2v) is 8.76. The number of nitrogens with zero attached hydrogens (tertiary/aromatic N) is 2. The zero-order valence-electron chi connectivity index (χ0n) is 21.0. The summed E-state index contributed by atoms with van der Waals surface area (Å²) in [5.41, 5.74) is 3.26. The van der Waals surface area contributed by atoms with Gasteiger partial charge in [-0.1, -0.05) is 42.0 Å². The fourth-order valence-electron chi connectivity index (χ4n) is 4.25. The SMILES string of the molecule is CCOc1cc(/C=C2\C(=O)N(c3ccccc3)N=C2C(F)(F)F)ccc1OCc1c(C)cc(C)cc1C. The number of anilines is 1. The molecule has 1 heterocycles. The third kappa shape index (κ3) is 5.69. The number of halogens is 3. The van der Waals surface area contributed by atoms with E-state index in [-0.39, 0.29) is 5.69 Å². The van der Waals surface area contributed by atoms with E-state index in [9.17, 15) is 18.0 Å². The van der Waals surface area contributed by atoms with E-state index >= 15 is 0 Å². The standard InChI is InChI=1S/C29H27F3N2O3/c1-5-36-26-16-21(11-12-25(26)37-17-24-19(3)13-18(2)14-20(24)4)15-23-27(29(30,31)32)33-34(28(23)35)22-9-7-6-8-10-22/h6-16H,5,17H2,1-4H3/b23-15-. The zero-order valence-corrected chi connectivity index (χ0v) is 21.0. The summed E-state index contributed by atoms with van der Waals surface area (Å²) in [7, 11) is 0. The quantitative estimate of drug-likeness (QED) is 0.325. The van der Waals surface area contributed by atoms with Crippen LogP contribution in [0.3, 0.4) is 0 Å². The third-order valence-electron chi connectivity index (χ3n) is 5.94. The molecule has 0 unspecified atom stereocenters. The van der Waals surface area contributed by atoms with E-state index in [4.69, 9.17) is 9.47 Å². The average Bonchev–Trinajstić information content (AvgIpc) is 3.16. The highest BCUT2D eigenvalue weighted by molar-refractivity contribution is 6.34. The lowest BCUT2D eigenvalue weighted by atomic mass is 10.0. The molecule has 0 saturated carbocycles. The van der Waals surface area contributed by atoms with Crippen LogP contribution in [0.4, 0.5) is 18.9 Å². The average molecular weight is 509 g/mol. The monoisotopic (exact) mass is 508 g/mol. The maximum atomic E-state index is 13.8. The van der Waals surface area contributed by atoms with Crippen molar-refractivity contribution in [2.75, 3.05) is 11.6 Å². The Balaban J connectivity index is 1.65. The number of rotatable bonds is 7. The smallest absolute Gasteiger partial charge is 0.435 e. The van der Waals surface area contributed by atoms with Crippen LogP contribution in [0.25, 0.3) is 6.08 Å². The van der Waals surface area contributed by atoms with Gasteiger partial charge in [-0.25, -0.2) is 0 Å². The molecule has 0 N–H and O–H groups in total. The maximum absolute atomic E-state index is 13.8. The van der Waals surface area contributed by atoms with Crippen molar-refractivity contribution in [2.24, 2.45) is 5.10 Å². The van der Waals surface area contributed by atoms with Crippen molar-refractivity contribution in [3.8, 4) is 11.5 Å². The summed E-state index contributed by atoms with van der Waals surface area (Å²) in [6.07, 6.45) is -3.63. The number of benzene rings is 3. The van der Waals surface area contributed by atoms with Gasteiger partial charge in [-0.15, -0.1) is 0 Å². The van der Waals surface area contributed by atoms with E-state index in [0.717, 1.165) is 21.7 Å². The fraction of sp³-hybridized carbons (Fsp3) is 0.241.